The molecule has 0 bridgehead atoms. The summed E-state index contributed by atoms with van der Waals surface area (Å²) in [5.41, 5.74) is 16.0. The van der Waals surface area contributed by atoms with Crippen LogP contribution in [0.3, 0.4) is 0 Å². The molecule has 63 heavy (non-hydrogen) atoms. The smallest absolute Gasteiger partial charge is 0.216 e. The fraction of sp³-hybridized carbons (Fsp3) is 0.268. The van der Waals surface area contributed by atoms with Gasteiger partial charge in [0.1, 0.15) is 0 Å². The van der Waals surface area contributed by atoms with Crippen molar-refractivity contribution in [3.63, 3.8) is 0 Å². The van der Waals surface area contributed by atoms with Crippen LogP contribution in [0.5, 0.6) is 0 Å². The van der Waals surface area contributed by atoms with Crippen LogP contribution in [0.1, 0.15) is 89.6 Å². The first kappa shape index (κ1) is 44.2. The first-order valence-corrected chi connectivity index (χ1v) is 25.2. The van der Waals surface area contributed by atoms with E-state index in [9.17, 15) is 0 Å². The van der Waals surface area contributed by atoms with Crippen molar-refractivity contribution < 1.29 is 25.9 Å². The zero-order chi connectivity index (χ0) is 45.0. The van der Waals surface area contributed by atoms with E-state index in [1.807, 2.05) is 57.3 Å². The van der Waals surface area contributed by atoms with Crippen molar-refractivity contribution in [2.24, 2.45) is 0 Å². The Kier molecular flexibility index (Phi) is 12.6. The maximum atomic E-state index is 8.65. The van der Waals surface area contributed by atoms with Crippen LogP contribution in [0.2, 0.25) is 19.6 Å². The molecule has 0 N–H and O–H groups in total. The number of fused-ring (bicyclic) bond motifs is 4. The van der Waals surface area contributed by atoms with Gasteiger partial charge < -0.3 is 14.0 Å². The van der Waals surface area contributed by atoms with Crippen LogP contribution in [0.25, 0.3) is 72.6 Å². The van der Waals surface area contributed by atoms with E-state index in [4.69, 9.17) is 15.8 Å². The van der Waals surface area contributed by atoms with Crippen LogP contribution in [-0.4, -0.2) is 27.6 Å². The Labute approximate surface area is 389 Å². The summed E-state index contributed by atoms with van der Waals surface area (Å²) in [6.07, 6.45) is 1.98. The number of hydrogen-bond donors (Lipinski definition) is 0. The van der Waals surface area contributed by atoms with Gasteiger partial charge in [0.25, 0.3) is 0 Å². The third kappa shape index (κ3) is 9.15. The van der Waals surface area contributed by atoms with Gasteiger partial charge in [0.05, 0.1) is 30.5 Å². The van der Waals surface area contributed by atoms with E-state index < -0.39 is 14.0 Å². The Morgan fingerprint density at radius 1 is 0.762 bits per heavy atom. The number of rotatable bonds is 7. The molecule has 0 saturated carbocycles. The summed E-state index contributed by atoms with van der Waals surface area (Å²) >= 11 is 0. The van der Waals surface area contributed by atoms with E-state index in [1.165, 1.54) is 38.7 Å². The molecule has 0 aliphatic rings. The van der Waals surface area contributed by atoms with E-state index in [0.29, 0.717) is 11.6 Å². The third-order valence-corrected chi connectivity index (χ3v) is 13.7. The molecular weight excluding hydrogens is 965 g/mol. The van der Waals surface area contributed by atoms with E-state index in [0.717, 1.165) is 61.3 Å². The van der Waals surface area contributed by atoms with Crippen molar-refractivity contribution >= 4 is 46.4 Å². The molecule has 4 aromatic heterocycles. The molecule has 323 valence electrons. The van der Waals surface area contributed by atoms with E-state index in [-0.39, 0.29) is 25.5 Å². The summed E-state index contributed by atoms with van der Waals surface area (Å²) in [7, 11) is -1.60. The summed E-state index contributed by atoms with van der Waals surface area (Å²) in [5.74, 6) is 0.591. The Bertz CT molecular complexity index is 3130. The maximum absolute atomic E-state index is 8.65. The number of benzene rings is 5. The Morgan fingerprint density at radius 3 is 2.17 bits per heavy atom. The van der Waals surface area contributed by atoms with Crippen molar-refractivity contribution in [2.45, 2.75) is 99.2 Å². The Hall–Kier alpha value is -5.46. The number of imidazole rings is 1. The van der Waals surface area contributed by atoms with Crippen LogP contribution in [0.15, 0.2) is 126 Å². The standard InChI is InChI=1S/C33H33N2.C23H25N2OSi.Ir/c1-22(2)27-20-25(26-17-11-10-14-23(26)3)21-28(33(4,5)6)31(27)35-30-19-13-12-18-29(30)34-32(35)24-15-8-7-9-16-24;1-14(2)18-12-20(24-13-22(18)27(4,5)6)16-8-10-21-19(11-16)17-9-7-15(3)25-23(17)26-21;/h7-15,17-22H,1-6H3;7,9-14H,1-6H3;/q2*-1;/i;14D;. The average Bonchev–Trinajstić information content (AvgIpc) is 3.80. The second kappa shape index (κ2) is 18.0. The molecule has 0 amide bonds. The molecule has 9 rings (SSSR count). The quantitative estimate of drug-likeness (QED) is 0.118. The molecule has 0 saturated heterocycles. The summed E-state index contributed by atoms with van der Waals surface area (Å²) in [4.78, 5) is 14.3. The summed E-state index contributed by atoms with van der Waals surface area (Å²) < 4.78 is 16.9. The first-order valence-electron chi connectivity index (χ1n) is 22.2. The number of furan rings is 1. The van der Waals surface area contributed by atoms with Gasteiger partial charge in [0.15, 0.2) is 0 Å². The Morgan fingerprint density at radius 2 is 1.49 bits per heavy atom. The molecule has 1 radical (unpaired) electrons. The van der Waals surface area contributed by atoms with Gasteiger partial charge in [-0.15, -0.1) is 59.7 Å². The first-order chi connectivity index (χ1) is 29.8. The topological polar surface area (TPSA) is 56.7 Å². The van der Waals surface area contributed by atoms with Gasteiger partial charge in [-0.1, -0.05) is 122 Å². The van der Waals surface area contributed by atoms with Crippen LogP contribution >= 0.6 is 0 Å². The number of para-hydroxylation sites is 2. The third-order valence-electron chi connectivity index (χ3n) is 11.7. The van der Waals surface area contributed by atoms with Gasteiger partial charge in [0, 0.05) is 44.4 Å². The number of hydrogen-bond acceptors (Lipinski definition) is 4. The SMILES string of the molecule is Cc1ccccc1-c1cc(C(C)C)c(-n2c(-c3[c-]cccc3)nc3ccccc32)c(C(C)(C)C)c1.[2H]C(C)(C)c1cc(-c2[c-]cc3oc4nc(C)ccc4c3c2)ncc1[Si](C)(C)C.[Ir]. The minimum absolute atomic E-state index is 0. The molecule has 4 heterocycles. The van der Waals surface area contributed by atoms with Crippen LogP contribution in [0, 0.1) is 26.0 Å². The molecule has 0 fully saturated rings. The normalized spacial score (nSPS) is 12.4. The van der Waals surface area contributed by atoms with Crippen LogP contribution in [-0.2, 0) is 25.5 Å². The minimum Gasteiger partial charge on any atom is -0.486 e. The maximum Gasteiger partial charge on any atom is 0.216 e. The molecule has 5 nitrogen and oxygen atoms in total. The van der Waals surface area contributed by atoms with Crippen molar-refractivity contribution in [3.8, 4) is 39.5 Å². The van der Waals surface area contributed by atoms with Crippen molar-refractivity contribution in [3.05, 3.63) is 162 Å². The van der Waals surface area contributed by atoms with Crippen LogP contribution in [0.4, 0.5) is 0 Å². The van der Waals surface area contributed by atoms with E-state index >= 15 is 0 Å². The molecule has 5 aromatic carbocycles. The molecular formula is C56H58IrN4OSi-2. The second-order valence-corrected chi connectivity index (χ2v) is 24.2. The van der Waals surface area contributed by atoms with E-state index in [1.54, 1.807) is 0 Å². The average molecular weight is 1020 g/mol. The van der Waals surface area contributed by atoms with Gasteiger partial charge in [-0.2, -0.15) is 0 Å². The number of aryl methyl sites for hydroxylation is 2. The zero-order valence-electron chi connectivity index (χ0n) is 39.7. The predicted octanol–water partition coefficient (Wildman–Crippen LogP) is 14.7. The summed E-state index contributed by atoms with van der Waals surface area (Å²) in [5, 5.41) is 3.25. The number of nitrogens with zero attached hydrogens (tertiary/aromatic N) is 4. The van der Waals surface area contributed by atoms with Gasteiger partial charge in [-0.25, -0.2) is 4.98 Å². The zero-order valence-corrected chi connectivity index (χ0v) is 42.0. The minimum atomic E-state index is -1.60. The van der Waals surface area contributed by atoms with Crippen molar-refractivity contribution in [2.75, 3.05) is 0 Å². The predicted molar refractivity (Wildman–Crippen MR) is 264 cm³/mol. The summed E-state index contributed by atoms with van der Waals surface area (Å²) in [6, 6.07) is 46.8. The van der Waals surface area contributed by atoms with Gasteiger partial charge in [0.2, 0.25) is 5.71 Å². The summed E-state index contributed by atoms with van der Waals surface area (Å²) in [6.45, 7) is 26.4. The molecule has 0 aliphatic carbocycles. The van der Waals surface area contributed by atoms with Gasteiger partial charge in [-0.3, -0.25) is 4.98 Å². The number of aromatic nitrogens is 4. The molecule has 9 aromatic rings. The molecule has 0 spiro atoms. The van der Waals surface area contributed by atoms with E-state index in [2.05, 4.69) is 168 Å². The molecule has 0 unspecified atom stereocenters. The van der Waals surface area contributed by atoms with Gasteiger partial charge >= 0.3 is 0 Å². The van der Waals surface area contributed by atoms with Crippen molar-refractivity contribution in [1.82, 2.24) is 19.5 Å². The fourth-order valence-corrected chi connectivity index (χ4v) is 9.97. The van der Waals surface area contributed by atoms with Crippen LogP contribution < -0.4 is 5.19 Å². The second-order valence-electron chi connectivity index (χ2n) is 19.1. The number of pyridine rings is 2. The molecule has 0 atom stereocenters. The largest absolute Gasteiger partial charge is 0.486 e. The monoisotopic (exact) mass is 1020 g/mol. The molecule has 0 aliphatic heterocycles. The Balaban J connectivity index is 0.000000193. The molecule has 7 heteroatoms. The van der Waals surface area contributed by atoms with Gasteiger partial charge in [-0.05, 0) is 106 Å². The fourth-order valence-electron chi connectivity index (χ4n) is 8.39. The van der Waals surface area contributed by atoms with Crippen molar-refractivity contribution in [1.29, 1.82) is 0 Å².